The first-order valence-corrected chi connectivity index (χ1v) is 5.54. The lowest BCUT2D eigenvalue weighted by molar-refractivity contribution is -0.121. The minimum absolute atomic E-state index is 0.308. The molecule has 0 heterocycles. The Morgan fingerprint density at radius 3 is 2.11 bits per heavy atom. The summed E-state index contributed by atoms with van der Waals surface area (Å²) in [6.45, 7) is 0.918. The maximum Gasteiger partial charge on any atom is 0.255 e. The van der Waals surface area contributed by atoms with Crippen LogP contribution in [0, 0.1) is 6.92 Å². The smallest absolute Gasteiger partial charge is 0.255 e. The Labute approximate surface area is 110 Å². The standard InChI is InChI=1S/C12H16N4O3/c1-7-8(3-2-4-9(7)13)12(19)16(5-10(14)17)6-11(15)18/h2-4H,5-6,13H2,1H3,(H2,14,17)(H2,15,18). The molecule has 0 aromatic heterocycles. The zero-order valence-electron chi connectivity index (χ0n) is 10.6. The van der Waals surface area contributed by atoms with Gasteiger partial charge in [-0.25, -0.2) is 0 Å². The topological polar surface area (TPSA) is 133 Å². The monoisotopic (exact) mass is 264 g/mol. The molecule has 0 saturated heterocycles. The van der Waals surface area contributed by atoms with Crippen LogP contribution in [0.25, 0.3) is 0 Å². The Kier molecular flexibility index (Phi) is 4.46. The molecular weight excluding hydrogens is 248 g/mol. The fraction of sp³-hybridized carbons (Fsp3) is 0.250. The van der Waals surface area contributed by atoms with Crippen LogP contribution in [0.4, 0.5) is 5.69 Å². The van der Waals surface area contributed by atoms with E-state index in [2.05, 4.69) is 0 Å². The lowest BCUT2D eigenvalue weighted by Gasteiger charge is -2.20. The van der Waals surface area contributed by atoms with Crippen molar-refractivity contribution in [2.24, 2.45) is 11.5 Å². The molecule has 0 fully saturated rings. The van der Waals surface area contributed by atoms with Crippen LogP contribution in [-0.2, 0) is 9.59 Å². The summed E-state index contributed by atoms with van der Waals surface area (Å²) in [5.74, 6) is -1.96. The van der Waals surface area contributed by atoms with E-state index in [1.54, 1.807) is 25.1 Å². The van der Waals surface area contributed by atoms with Crippen LogP contribution in [-0.4, -0.2) is 35.7 Å². The second-order valence-corrected chi connectivity index (χ2v) is 4.11. The number of benzene rings is 1. The molecule has 7 heteroatoms. The van der Waals surface area contributed by atoms with Crippen molar-refractivity contribution in [1.82, 2.24) is 4.90 Å². The predicted octanol–water partition coefficient (Wildman–Crippen LogP) is -1.01. The molecule has 3 amide bonds. The molecular formula is C12H16N4O3. The van der Waals surface area contributed by atoms with Crippen molar-refractivity contribution < 1.29 is 14.4 Å². The molecule has 1 aromatic rings. The maximum absolute atomic E-state index is 12.2. The average molecular weight is 264 g/mol. The minimum Gasteiger partial charge on any atom is -0.398 e. The van der Waals surface area contributed by atoms with Crippen molar-refractivity contribution in [2.45, 2.75) is 6.92 Å². The third-order valence-electron chi connectivity index (χ3n) is 2.59. The van der Waals surface area contributed by atoms with E-state index >= 15 is 0 Å². The third-order valence-corrected chi connectivity index (χ3v) is 2.59. The number of carbonyl (C=O) groups excluding carboxylic acids is 3. The third kappa shape index (κ3) is 3.70. The fourth-order valence-corrected chi connectivity index (χ4v) is 1.63. The number of amides is 3. The summed E-state index contributed by atoms with van der Waals surface area (Å²) in [6.07, 6.45) is 0. The first kappa shape index (κ1) is 14.5. The quantitative estimate of drug-likeness (QED) is 0.587. The lowest BCUT2D eigenvalue weighted by atomic mass is 10.1. The zero-order valence-corrected chi connectivity index (χ0v) is 10.6. The van der Waals surface area contributed by atoms with Crippen molar-refractivity contribution >= 4 is 23.4 Å². The van der Waals surface area contributed by atoms with Crippen LogP contribution in [0.2, 0.25) is 0 Å². The Bertz CT molecular complexity index is 512. The number of hydrogen-bond acceptors (Lipinski definition) is 4. The number of primary amides is 2. The lowest BCUT2D eigenvalue weighted by Crippen LogP contribution is -2.43. The summed E-state index contributed by atoms with van der Waals surface area (Å²) < 4.78 is 0. The normalized spacial score (nSPS) is 9.95. The van der Waals surface area contributed by atoms with E-state index in [1.807, 2.05) is 0 Å². The Morgan fingerprint density at radius 2 is 1.63 bits per heavy atom. The molecule has 102 valence electrons. The molecule has 7 nitrogen and oxygen atoms in total. The number of carbonyl (C=O) groups is 3. The largest absolute Gasteiger partial charge is 0.398 e. The van der Waals surface area contributed by atoms with Gasteiger partial charge < -0.3 is 22.1 Å². The van der Waals surface area contributed by atoms with Gasteiger partial charge in [0.05, 0.1) is 0 Å². The summed E-state index contributed by atoms with van der Waals surface area (Å²) in [5.41, 5.74) is 17.1. The van der Waals surface area contributed by atoms with Crippen LogP contribution >= 0.6 is 0 Å². The van der Waals surface area contributed by atoms with E-state index in [4.69, 9.17) is 17.2 Å². The van der Waals surface area contributed by atoms with E-state index < -0.39 is 17.7 Å². The van der Waals surface area contributed by atoms with Crippen molar-refractivity contribution in [1.29, 1.82) is 0 Å². The molecule has 19 heavy (non-hydrogen) atoms. The molecule has 1 rings (SSSR count). The van der Waals surface area contributed by atoms with E-state index in [9.17, 15) is 14.4 Å². The highest BCUT2D eigenvalue weighted by atomic mass is 16.2. The molecule has 0 aliphatic heterocycles. The van der Waals surface area contributed by atoms with Gasteiger partial charge in [0, 0.05) is 11.3 Å². The first-order chi connectivity index (χ1) is 8.82. The van der Waals surface area contributed by atoms with Crippen molar-refractivity contribution in [3.63, 3.8) is 0 Å². The Morgan fingerprint density at radius 1 is 1.11 bits per heavy atom. The van der Waals surface area contributed by atoms with Gasteiger partial charge in [0.2, 0.25) is 11.8 Å². The number of rotatable bonds is 5. The average Bonchev–Trinajstić information content (AvgIpc) is 2.30. The molecule has 0 spiro atoms. The van der Waals surface area contributed by atoms with Crippen molar-refractivity contribution in [2.75, 3.05) is 18.8 Å². The number of hydrogen-bond donors (Lipinski definition) is 3. The van der Waals surface area contributed by atoms with Gasteiger partial charge in [0.25, 0.3) is 5.91 Å². The molecule has 0 saturated carbocycles. The number of nitrogen functional groups attached to an aromatic ring is 1. The van der Waals surface area contributed by atoms with E-state index in [-0.39, 0.29) is 13.1 Å². The highest BCUT2D eigenvalue weighted by Crippen LogP contribution is 2.17. The minimum atomic E-state index is -0.726. The maximum atomic E-state index is 12.2. The van der Waals surface area contributed by atoms with Gasteiger partial charge in [-0.15, -0.1) is 0 Å². The second kappa shape index (κ2) is 5.85. The van der Waals surface area contributed by atoms with Crippen molar-refractivity contribution in [3.05, 3.63) is 29.3 Å². The first-order valence-electron chi connectivity index (χ1n) is 5.54. The van der Waals surface area contributed by atoms with Gasteiger partial charge in [-0.3, -0.25) is 14.4 Å². The second-order valence-electron chi connectivity index (χ2n) is 4.11. The molecule has 0 aliphatic rings. The van der Waals surface area contributed by atoms with Crippen LogP contribution in [0.5, 0.6) is 0 Å². The van der Waals surface area contributed by atoms with E-state index in [0.29, 0.717) is 16.8 Å². The predicted molar refractivity (Wildman–Crippen MR) is 69.9 cm³/mol. The summed E-state index contributed by atoms with van der Waals surface area (Å²) in [4.78, 5) is 35.1. The Hall–Kier alpha value is -2.57. The number of nitrogens with two attached hydrogens (primary N) is 3. The molecule has 0 unspecified atom stereocenters. The van der Waals surface area contributed by atoms with Gasteiger partial charge in [-0.2, -0.15) is 0 Å². The molecule has 0 radical (unpaired) electrons. The highest BCUT2D eigenvalue weighted by molar-refractivity contribution is 6.00. The summed E-state index contributed by atoms with van der Waals surface area (Å²) in [5, 5.41) is 0. The Balaban J connectivity index is 3.07. The van der Waals surface area contributed by atoms with Crippen LogP contribution in [0.3, 0.4) is 0 Å². The molecule has 6 N–H and O–H groups in total. The highest BCUT2D eigenvalue weighted by Gasteiger charge is 2.21. The van der Waals surface area contributed by atoms with E-state index in [0.717, 1.165) is 4.90 Å². The number of anilines is 1. The number of nitrogens with zero attached hydrogens (tertiary/aromatic N) is 1. The van der Waals surface area contributed by atoms with Crippen molar-refractivity contribution in [3.8, 4) is 0 Å². The van der Waals surface area contributed by atoms with Gasteiger partial charge in [-0.1, -0.05) is 6.07 Å². The summed E-state index contributed by atoms with van der Waals surface area (Å²) in [7, 11) is 0. The van der Waals surface area contributed by atoms with Crippen LogP contribution < -0.4 is 17.2 Å². The summed E-state index contributed by atoms with van der Waals surface area (Å²) in [6, 6.07) is 4.82. The van der Waals surface area contributed by atoms with Crippen LogP contribution in [0.15, 0.2) is 18.2 Å². The van der Waals surface area contributed by atoms with Gasteiger partial charge in [0.1, 0.15) is 13.1 Å². The SMILES string of the molecule is Cc1c(N)cccc1C(=O)N(CC(N)=O)CC(N)=O. The molecule has 0 bridgehead atoms. The van der Waals surface area contributed by atoms with E-state index in [1.165, 1.54) is 0 Å². The molecule has 0 aliphatic carbocycles. The van der Waals surface area contributed by atoms with Gasteiger partial charge >= 0.3 is 0 Å². The van der Waals surface area contributed by atoms with Crippen LogP contribution in [0.1, 0.15) is 15.9 Å². The molecule has 0 atom stereocenters. The summed E-state index contributed by atoms with van der Waals surface area (Å²) >= 11 is 0. The zero-order chi connectivity index (χ0) is 14.6. The molecule has 1 aromatic carbocycles. The van der Waals surface area contributed by atoms with Gasteiger partial charge in [0.15, 0.2) is 0 Å². The van der Waals surface area contributed by atoms with Gasteiger partial charge in [-0.05, 0) is 24.6 Å². The fourth-order valence-electron chi connectivity index (χ4n) is 1.63.